The van der Waals surface area contributed by atoms with Crippen LogP contribution in [0.2, 0.25) is 0 Å². The van der Waals surface area contributed by atoms with Gasteiger partial charge in [0.05, 0.1) is 12.8 Å². The number of rotatable bonds is 5. The van der Waals surface area contributed by atoms with E-state index in [4.69, 9.17) is 37.9 Å². The Bertz CT molecular complexity index is 402. The number of carboxylic acid groups (broad SMARTS) is 3. The molecule has 0 radical (unpaired) electrons. The fraction of sp³-hybridized carbons (Fsp3) is 0.500. The SMILES string of the molecule is O=C(O)CC(O)(CC(=O)O)C(=O)O.O=S(=O)(O)O.[CaH2]. The molecule has 13 heteroatoms. The number of hydrogen-bond donors (Lipinski definition) is 6. The van der Waals surface area contributed by atoms with E-state index in [2.05, 4.69) is 0 Å². The van der Waals surface area contributed by atoms with Crippen LogP contribution in [-0.4, -0.2) is 99.2 Å². The van der Waals surface area contributed by atoms with Crippen molar-refractivity contribution in [3.8, 4) is 0 Å². The van der Waals surface area contributed by atoms with Crippen LogP contribution in [0.15, 0.2) is 0 Å². The molecule has 0 saturated carbocycles. The molecule has 0 rings (SSSR count). The summed E-state index contributed by atoms with van der Waals surface area (Å²) in [6.07, 6.45) is -2.29. The molecule has 0 heterocycles. The molecule has 0 aromatic carbocycles. The van der Waals surface area contributed by atoms with E-state index in [1.165, 1.54) is 0 Å². The van der Waals surface area contributed by atoms with Gasteiger partial charge < -0.3 is 20.4 Å². The average Bonchev–Trinajstić information content (AvgIpc) is 1.95. The predicted octanol–water partition coefficient (Wildman–Crippen LogP) is -2.82. The van der Waals surface area contributed by atoms with Crippen molar-refractivity contribution in [2.75, 3.05) is 0 Å². The van der Waals surface area contributed by atoms with Gasteiger partial charge in [0.15, 0.2) is 5.60 Å². The van der Waals surface area contributed by atoms with E-state index in [9.17, 15) is 14.4 Å². The van der Waals surface area contributed by atoms with E-state index >= 15 is 0 Å². The zero-order chi connectivity index (χ0) is 15.1. The Balaban J connectivity index is -0.000000366. The van der Waals surface area contributed by atoms with Crippen molar-refractivity contribution in [3.05, 3.63) is 0 Å². The fourth-order valence-electron chi connectivity index (χ4n) is 0.714. The third kappa shape index (κ3) is 17.5. The normalized spacial score (nSPS) is 10.5. The Morgan fingerprint density at radius 3 is 1.21 bits per heavy atom. The molecule has 6 N–H and O–H groups in total. The Hall–Kier alpha value is -0.500. The van der Waals surface area contributed by atoms with Crippen molar-refractivity contribution >= 4 is 66.0 Å². The van der Waals surface area contributed by atoms with Gasteiger partial charge in [-0.25, -0.2) is 4.79 Å². The molecule has 0 amide bonds. The third-order valence-electron chi connectivity index (χ3n) is 1.29. The second-order valence-corrected chi connectivity index (χ2v) is 3.82. The van der Waals surface area contributed by atoms with E-state index in [0.29, 0.717) is 0 Å². The quantitative estimate of drug-likeness (QED) is 0.223. The fourth-order valence-corrected chi connectivity index (χ4v) is 0.714. The number of aliphatic hydroxyl groups is 1. The van der Waals surface area contributed by atoms with Crippen LogP contribution in [0.3, 0.4) is 0 Å². The first kappa shape index (κ1) is 23.6. The van der Waals surface area contributed by atoms with E-state index in [0.717, 1.165) is 0 Å². The maximum absolute atomic E-state index is 10.3. The summed E-state index contributed by atoms with van der Waals surface area (Å²) in [5, 5.41) is 33.8. The van der Waals surface area contributed by atoms with E-state index in [1.54, 1.807) is 0 Å². The Morgan fingerprint density at radius 2 is 1.11 bits per heavy atom. The summed E-state index contributed by atoms with van der Waals surface area (Å²) in [5.74, 6) is -5.02. The summed E-state index contributed by atoms with van der Waals surface area (Å²) < 4.78 is 31.6. The molecule has 0 atom stereocenters. The molecular formula is C6H12CaO11S. The van der Waals surface area contributed by atoms with Crippen molar-refractivity contribution in [1.29, 1.82) is 0 Å². The van der Waals surface area contributed by atoms with Crippen molar-refractivity contribution in [1.82, 2.24) is 0 Å². The molecule has 0 spiro atoms. The summed E-state index contributed by atoms with van der Waals surface area (Å²) in [7, 11) is -4.67. The predicted molar refractivity (Wildman–Crippen MR) is 59.8 cm³/mol. The molecule has 0 aliphatic heterocycles. The number of carbonyl (C=O) groups is 3. The van der Waals surface area contributed by atoms with Gasteiger partial charge in [-0.1, -0.05) is 0 Å². The monoisotopic (exact) mass is 332 g/mol. The summed E-state index contributed by atoms with van der Waals surface area (Å²) in [4.78, 5) is 30.5. The molecule has 0 fully saturated rings. The first-order valence-electron chi connectivity index (χ1n) is 3.87. The van der Waals surface area contributed by atoms with Crippen LogP contribution < -0.4 is 0 Å². The van der Waals surface area contributed by atoms with Crippen LogP contribution in [0.5, 0.6) is 0 Å². The summed E-state index contributed by atoms with van der Waals surface area (Å²) in [6, 6.07) is 0. The standard InChI is InChI=1S/C6H8O7.Ca.H2O4S.2H/c7-3(8)1-6(13,5(11)12)2-4(9)10;;1-5(2,3)4;;/h13H,1-2H2,(H,7,8)(H,9,10)(H,11,12);;(H2,1,2,3,4);;. The third-order valence-corrected chi connectivity index (χ3v) is 1.29. The van der Waals surface area contributed by atoms with E-state index in [1.807, 2.05) is 0 Å². The first-order chi connectivity index (χ1) is 7.78. The van der Waals surface area contributed by atoms with Crippen LogP contribution >= 0.6 is 0 Å². The van der Waals surface area contributed by atoms with Crippen molar-refractivity contribution in [2.45, 2.75) is 18.4 Å². The van der Waals surface area contributed by atoms with E-state index in [-0.39, 0.29) is 37.7 Å². The van der Waals surface area contributed by atoms with Crippen LogP contribution in [0.1, 0.15) is 12.8 Å². The summed E-state index contributed by atoms with van der Waals surface area (Å²) >= 11 is 0. The number of hydrogen-bond acceptors (Lipinski definition) is 6. The molecule has 0 aliphatic rings. The van der Waals surface area contributed by atoms with Crippen molar-refractivity contribution < 1.29 is 52.3 Å². The first-order valence-corrected chi connectivity index (χ1v) is 5.27. The van der Waals surface area contributed by atoms with Gasteiger partial charge in [0.1, 0.15) is 0 Å². The van der Waals surface area contributed by atoms with Crippen LogP contribution in [-0.2, 0) is 24.8 Å². The minimum absolute atomic E-state index is 0. The van der Waals surface area contributed by atoms with Gasteiger partial charge in [0, 0.05) is 0 Å². The second-order valence-electron chi connectivity index (χ2n) is 2.93. The van der Waals surface area contributed by atoms with Gasteiger partial charge in [0.25, 0.3) is 0 Å². The van der Waals surface area contributed by atoms with Gasteiger partial charge in [0.2, 0.25) is 0 Å². The molecule has 0 saturated heterocycles. The second kappa shape index (κ2) is 9.41. The van der Waals surface area contributed by atoms with Crippen LogP contribution in [0, 0.1) is 0 Å². The van der Waals surface area contributed by atoms with Gasteiger partial charge in [-0.2, -0.15) is 8.42 Å². The molecule has 110 valence electrons. The maximum atomic E-state index is 10.3. The molecule has 11 nitrogen and oxygen atoms in total. The topological polar surface area (TPSA) is 207 Å². The number of carboxylic acids is 3. The van der Waals surface area contributed by atoms with Gasteiger partial charge in [-0.3, -0.25) is 18.7 Å². The molecule has 0 bridgehead atoms. The van der Waals surface area contributed by atoms with Crippen molar-refractivity contribution in [3.63, 3.8) is 0 Å². The van der Waals surface area contributed by atoms with Crippen LogP contribution in [0.4, 0.5) is 0 Å². The summed E-state index contributed by atoms with van der Waals surface area (Å²) in [6.45, 7) is 0. The zero-order valence-corrected chi connectivity index (χ0v) is 9.36. The molecule has 19 heavy (non-hydrogen) atoms. The van der Waals surface area contributed by atoms with Crippen LogP contribution in [0.25, 0.3) is 0 Å². The molecule has 0 unspecified atom stereocenters. The van der Waals surface area contributed by atoms with Gasteiger partial charge >= 0.3 is 66.0 Å². The Kier molecular flexibility index (Phi) is 11.7. The zero-order valence-electron chi connectivity index (χ0n) is 8.55. The Labute approximate surface area is 136 Å². The average molecular weight is 332 g/mol. The minimum atomic E-state index is -4.67. The molecule has 0 aromatic heterocycles. The summed E-state index contributed by atoms with van der Waals surface area (Å²) in [5.41, 5.74) is -2.74. The van der Waals surface area contributed by atoms with E-state index < -0.39 is 46.7 Å². The molecular weight excluding hydrogens is 320 g/mol. The van der Waals surface area contributed by atoms with Gasteiger partial charge in [-0.15, -0.1) is 0 Å². The van der Waals surface area contributed by atoms with Gasteiger partial charge in [-0.05, 0) is 0 Å². The number of aliphatic carboxylic acids is 3. The van der Waals surface area contributed by atoms with Crippen molar-refractivity contribution in [2.24, 2.45) is 0 Å². The molecule has 0 aliphatic carbocycles. The Morgan fingerprint density at radius 1 is 0.895 bits per heavy atom. The molecule has 0 aromatic rings.